The first-order chi connectivity index (χ1) is 11.1. The minimum Gasteiger partial charge on any atom is -0.361 e. The van der Waals surface area contributed by atoms with Crippen LogP contribution in [0.2, 0.25) is 0 Å². The zero-order valence-corrected chi connectivity index (χ0v) is 13.3. The van der Waals surface area contributed by atoms with Crippen molar-refractivity contribution < 1.29 is 9.32 Å². The summed E-state index contributed by atoms with van der Waals surface area (Å²) in [4.78, 5) is 17.6. The molecule has 0 aliphatic carbocycles. The van der Waals surface area contributed by atoms with Gasteiger partial charge in [-0.05, 0) is 31.0 Å². The smallest absolute Gasteiger partial charge is 0.227 e. The predicted molar refractivity (Wildman–Crippen MR) is 87.3 cm³/mol. The molecule has 23 heavy (non-hydrogen) atoms. The standard InChI is InChI=1S/C18H19N3O2/c1-11-3-4-15-13(8-19-17(15)5-11)7-18(22)21-9-14(10-21)16-6-12(2)23-20-16/h3-6,8,14,19H,7,9-10H2,1-2H3. The number of likely N-dealkylation sites (tertiary alicyclic amines) is 1. The Morgan fingerprint density at radius 2 is 2.17 bits per heavy atom. The summed E-state index contributed by atoms with van der Waals surface area (Å²) in [6.45, 7) is 5.41. The van der Waals surface area contributed by atoms with Gasteiger partial charge in [-0.15, -0.1) is 0 Å². The number of hydrogen-bond acceptors (Lipinski definition) is 3. The zero-order chi connectivity index (χ0) is 16.0. The number of nitrogens with one attached hydrogen (secondary N) is 1. The molecule has 1 aliphatic rings. The molecule has 1 aromatic carbocycles. The highest BCUT2D eigenvalue weighted by Gasteiger charge is 2.33. The number of amides is 1. The number of fused-ring (bicyclic) bond motifs is 1. The Kier molecular flexibility index (Phi) is 3.22. The third-order valence-corrected chi connectivity index (χ3v) is 4.56. The highest BCUT2D eigenvalue weighted by molar-refractivity contribution is 5.89. The van der Waals surface area contributed by atoms with E-state index in [4.69, 9.17) is 4.52 Å². The van der Waals surface area contributed by atoms with Gasteiger partial charge in [0.05, 0.1) is 12.1 Å². The number of aromatic amines is 1. The van der Waals surface area contributed by atoms with Crippen LogP contribution < -0.4 is 0 Å². The molecule has 0 spiro atoms. The van der Waals surface area contributed by atoms with E-state index in [0.29, 0.717) is 12.3 Å². The molecule has 0 radical (unpaired) electrons. The lowest BCUT2D eigenvalue weighted by atomic mass is 9.95. The van der Waals surface area contributed by atoms with E-state index in [2.05, 4.69) is 35.3 Å². The molecule has 118 valence electrons. The van der Waals surface area contributed by atoms with Crippen molar-refractivity contribution in [3.8, 4) is 0 Å². The number of aromatic nitrogens is 2. The zero-order valence-electron chi connectivity index (χ0n) is 13.3. The molecule has 4 rings (SSSR count). The molecule has 5 heteroatoms. The maximum absolute atomic E-state index is 12.5. The van der Waals surface area contributed by atoms with Gasteiger partial charge in [-0.3, -0.25) is 4.79 Å². The first-order valence-electron chi connectivity index (χ1n) is 7.88. The Balaban J connectivity index is 1.42. The molecule has 3 heterocycles. The summed E-state index contributed by atoms with van der Waals surface area (Å²) >= 11 is 0. The van der Waals surface area contributed by atoms with E-state index < -0.39 is 0 Å². The Hall–Kier alpha value is -2.56. The molecule has 5 nitrogen and oxygen atoms in total. The molecule has 1 saturated heterocycles. The van der Waals surface area contributed by atoms with E-state index in [1.165, 1.54) is 5.56 Å². The monoisotopic (exact) mass is 309 g/mol. The van der Waals surface area contributed by atoms with Gasteiger partial charge in [-0.25, -0.2) is 0 Å². The number of nitrogens with zero attached hydrogens (tertiary/aromatic N) is 2. The van der Waals surface area contributed by atoms with Crippen LogP contribution in [0.15, 0.2) is 35.0 Å². The molecule has 0 atom stereocenters. The van der Waals surface area contributed by atoms with Crippen LogP contribution in [0.1, 0.15) is 28.5 Å². The van der Waals surface area contributed by atoms with Crippen molar-refractivity contribution in [2.45, 2.75) is 26.2 Å². The van der Waals surface area contributed by atoms with Gasteiger partial charge in [0.1, 0.15) is 5.76 Å². The van der Waals surface area contributed by atoms with Crippen molar-refractivity contribution in [1.29, 1.82) is 0 Å². The van der Waals surface area contributed by atoms with Crippen LogP contribution in [0.5, 0.6) is 0 Å². The minimum atomic E-state index is 0.169. The fraction of sp³-hybridized carbons (Fsp3) is 0.333. The van der Waals surface area contributed by atoms with Gasteiger partial charge in [0.2, 0.25) is 5.91 Å². The lowest BCUT2D eigenvalue weighted by molar-refractivity contribution is -0.134. The Morgan fingerprint density at radius 1 is 1.35 bits per heavy atom. The summed E-state index contributed by atoms with van der Waals surface area (Å²) in [5, 5.41) is 5.17. The average Bonchev–Trinajstić information content (AvgIpc) is 3.04. The number of hydrogen-bond donors (Lipinski definition) is 1. The summed E-state index contributed by atoms with van der Waals surface area (Å²) in [6, 6.07) is 8.22. The summed E-state index contributed by atoms with van der Waals surface area (Å²) < 4.78 is 5.10. The number of rotatable bonds is 3. The molecule has 3 aromatic rings. The number of aryl methyl sites for hydroxylation is 2. The molecule has 0 saturated carbocycles. The molecule has 1 aliphatic heterocycles. The van der Waals surface area contributed by atoms with E-state index in [0.717, 1.165) is 41.0 Å². The second kappa shape index (κ2) is 5.26. The minimum absolute atomic E-state index is 0.169. The maximum atomic E-state index is 12.5. The largest absolute Gasteiger partial charge is 0.361 e. The first kappa shape index (κ1) is 14.1. The lowest BCUT2D eigenvalue weighted by Gasteiger charge is -2.38. The van der Waals surface area contributed by atoms with E-state index in [1.54, 1.807) is 0 Å². The Morgan fingerprint density at radius 3 is 2.91 bits per heavy atom. The van der Waals surface area contributed by atoms with Gasteiger partial charge in [-0.2, -0.15) is 0 Å². The van der Waals surface area contributed by atoms with Crippen LogP contribution in [0.4, 0.5) is 0 Å². The van der Waals surface area contributed by atoms with Crippen molar-refractivity contribution in [3.05, 3.63) is 53.0 Å². The summed E-state index contributed by atoms with van der Waals surface area (Å²) in [6.07, 6.45) is 2.38. The van der Waals surface area contributed by atoms with Gasteiger partial charge in [-0.1, -0.05) is 17.3 Å². The quantitative estimate of drug-likeness (QED) is 0.809. The number of H-pyrrole nitrogens is 1. The lowest BCUT2D eigenvalue weighted by Crippen LogP contribution is -2.49. The highest BCUT2D eigenvalue weighted by atomic mass is 16.5. The third kappa shape index (κ3) is 2.52. The van der Waals surface area contributed by atoms with Crippen LogP contribution in [-0.2, 0) is 11.2 Å². The first-order valence-corrected chi connectivity index (χ1v) is 7.88. The van der Waals surface area contributed by atoms with E-state index >= 15 is 0 Å². The number of carbonyl (C=O) groups is 1. The number of carbonyl (C=O) groups excluding carboxylic acids is 1. The molecule has 0 bridgehead atoms. The fourth-order valence-corrected chi connectivity index (χ4v) is 3.17. The average molecular weight is 309 g/mol. The summed E-state index contributed by atoms with van der Waals surface area (Å²) in [5.74, 6) is 1.30. The predicted octanol–water partition coefficient (Wildman–Crippen LogP) is 2.94. The van der Waals surface area contributed by atoms with Gasteiger partial charge >= 0.3 is 0 Å². The number of benzene rings is 1. The Labute approximate surface area is 134 Å². The van der Waals surface area contributed by atoms with E-state index in [1.807, 2.05) is 24.1 Å². The van der Waals surface area contributed by atoms with Crippen LogP contribution in [0, 0.1) is 13.8 Å². The van der Waals surface area contributed by atoms with Gasteiger partial charge in [0, 0.05) is 42.2 Å². The highest BCUT2D eigenvalue weighted by Crippen LogP contribution is 2.28. The normalized spacial score (nSPS) is 15.1. The summed E-state index contributed by atoms with van der Waals surface area (Å²) in [5.41, 5.74) is 4.32. The van der Waals surface area contributed by atoms with Gasteiger partial charge in [0.25, 0.3) is 0 Å². The second-order valence-electron chi connectivity index (χ2n) is 6.40. The van der Waals surface area contributed by atoms with Crippen LogP contribution in [-0.4, -0.2) is 34.0 Å². The molecule has 1 amide bonds. The molecular weight excluding hydrogens is 290 g/mol. The van der Waals surface area contributed by atoms with Crippen LogP contribution >= 0.6 is 0 Å². The topological polar surface area (TPSA) is 62.1 Å². The molecule has 0 unspecified atom stereocenters. The van der Waals surface area contributed by atoms with E-state index in [-0.39, 0.29) is 5.91 Å². The van der Waals surface area contributed by atoms with Crippen molar-refractivity contribution in [2.24, 2.45) is 0 Å². The van der Waals surface area contributed by atoms with Crippen molar-refractivity contribution in [2.75, 3.05) is 13.1 Å². The van der Waals surface area contributed by atoms with Crippen LogP contribution in [0.3, 0.4) is 0 Å². The molecule has 1 N–H and O–H groups in total. The molecule has 2 aromatic heterocycles. The van der Waals surface area contributed by atoms with Crippen molar-refractivity contribution >= 4 is 16.8 Å². The van der Waals surface area contributed by atoms with E-state index in [9.17, 15) is 4.79 Å². The second-order valence-corrected chi connectivity index (χ2v) is 6.40. The Bertz CT molecular complexity index is 871. The SMILES string of the molecule is Cc1ccc2c(CC(=O)N3CC(c4cc(C)on4)C3)c[nH]c2c1. The van der Waals surface area contributed by atoms with Gasteiger partial charge < -0.3 is 14.4 Å². The van der Waals surface area contributed by atoms with Crippen LogP contribution in [0.25, 0.3) is 10.9 Å². The van der Waals surface area contributed by atoms with Crippen molar-refractivity contribution in [3.63, 3.8) is 0 Å². The van der Waals surface area contributed by atoms with Crippen molar-refractivity contribution in [1.82, 2.24) is 15.0 Å². The third-order valence-electron chi connectivity index (χ3n) is 4.56. The molecule has 1 fully saturated rings. The summed E-state index contributed by atoms with van der Waals surface area (Å²) in [7, 11) is 0. The van der Waals surface area contributed by atoms with Gasteiger partial charge in [0.15, 0.2) is 0 Å². The molecular formula is C18H19N3O2. The maximum Gasteiger partial charge on any atom is 0.227 e. The fourth-order valence-electron chi connectivity index (χ4n) is 3.17.